The zero-order chi connectivity index (χ0) is 16.9. The van der Waals surface area contributed by atoms with Gasteiger partial charge in [0.05, 0.1) is 12.4 Å². The Morgan fingerprint density at radius 3 is 2.52 bits per heavy atom. The van der Waals surface area contributed by atoms with Gasteiger partial charge in [0.25, 0.3) is 0 Å². The molecule has 3 aromatic rings. The number of hydrogen-bond acceptors (Lipinski definition) is 3. The van der Waals surface area contributed by atoms with Crippen LogP contribution in [0, 0.1) is 0 Å². The van der Waals surface area contributed by atoms with Gasteiger partial charge in [0.1, 0.15) is 5.75 Å². The van der Waals surface area contributed by atoms with Gasteiger partial charge in [0, 0.05) is 33.3 Å². The fraction of sp³-hybridized carbons (Fsp3) is 0.190. The number of ether oxygens (including phenoxy) is 1. The van der Waals surface area contributed by atoms with Crippen molar-refractivity contribution in [1.29, 1.82) is 0 Å². The minimum Gasteiger partial charge on any atom is -0.491 e. The summed E-state index contributed by atoms with van der Waals surface area (Å²) in [6.45, 7) is 4.77. The first-order chi connectivity index (χ1) is 11.6. The van der Waals surface area contributed by atoms with E-state index in [1.54, 1.807) is 6.07 Å². The molecule has 0 saturated heterocycles. The van der Waals surface area contributed by atoms with E-state index in [-0.39, 0.29) is 27.2 Å². The fourth-order valence-corrected chi connectivity index (χ4v) is 2.62. The van der Waals surface area contributed by atoms with Crippen molar-refractivity contribution in [3.05, 3.63) is 71.8 Å². The minimum absolute atomic E-state index is 0. The Labute approximate surface area is 162 Å². The maximum atomic E-state index is 10.7. The number of nitrogens with one attached hydrogen (secondary N) is 1. The molecule has 0 amide bonds. The van der Waals surface area contributed by atoms with Gasteiger partial charge in [0.15, 0.2) is 0 Å². The van der Waals surface area contributed by atoms with E-state index in [0.717, 1.165) is 28.8 Å². The van der Waals surface area contributed by atoms with Gasteiger partial charge in [-0.15, -0.1) is 6.07 Å². The standard InChI is InChI=1S/C21H20NO2.Mo/c1-15(2)24-21-5-3-4-16(11-21)13-22-20-9-8-18-10-17(14-23)6-7-19(18)12-20;/h3-12,15,22H,13H2,1-2H3;/q-1;. The average Bonchev–Trinajstić information content (AvgIpc) is 2.59. The van der Waals surface area contributed by atoms with E-state index in [2.05, 4.69) is 23.5 Å². The molecule has 3 nitrogen and oxygen atoms in total. The van der Waals surface area contributed by atoms with E-state index in [9.17, 15) is 4.79 Å². The van der Waals surface area contributed by atoms with Gasteiger partial charge in [-0.3, -0.25) is 0 Å². The quantitative estimate of drug-likeness (QED) is 0.470. The summed E-state index contributed by atoms with van der Waals surface area (Å²) in [5, 5.41) is 5.56. The summed E-state index contributed by atoms with van der Waals surface area (Å²) < 4.78 is 5.73. The first kappa shape index (κ1) is 19.2. The van der Waals surface area contributed by atoms with E-state index in [0.29, 0.717) is 5.56 Å². The summed E-state index contributed by atoms with van der Waals surface area (Å²) in [5.41, 5.74) is 2.78. The van der Waals surface area contributed by atoms with Crippen LogP contribution < -0.4 is 10.1 Å². The van der Waals surface area contributed by atoms with Crippen LogP contribution in [0.5, 0.6) is 5.75 Å². The summed E-state index contributed by atoms with van der Waals surface area (Å²) >= 11 is 0. The summed E-state index contributed by atoms with van der Waals surface area (Å²) in [4.78, 5) is 10.7. The molecular formula is C21H20MoNO2-. The van der Waals surface area contributed by atoms with E-state index in [4.69, 9.17) is 4.74 Å². The Kier molecular flexibility index (Phi) is 6.78. The second kappa shape index (κ2) is 8.82. The second-order valence-corrected chi connectivity index (χ2v) is 6.05. The molecule has 1 N–H and O–H groups in total. The third kappa shape index (κ3) is 5.17. The molecule has 0 unspecified atom stereocenters. The summed E-state index contributed by atoms with van der Waals surface area (Å²) in [5.74, 6) is 0.889. The van der Waals surface area contributed by atoms with Gasteiger partial charge in [-0.2, -0.15) is 17.7 Å². The number of anilines is 1. The third-order valence-electron chi connectivity index (χ3n) is 3.72. The van der Waals surface area contributed by atoms with Crippen LogP contribution in [0.25, 0.3) is 10.8 Å². The van der Waals surface area contributed by atoms with E-state index in [1.165, 1.54) is 5.56 Å². The van der Waals surface area contributed by atoms with E-state index in [1.807, 2.05) is 56.5 Å². The first-order valence-corrected chi connectivity index (χ1v) is 8.05. The SMILES string of the molecule is CC(C)Oc1cccc(CNc2ccc3cc([C-]=O)ccc3c2)c1.[Mo]. The van der Waals surface area contributed by atoms with Crippen LogP contribution in [0.1, 0.15) is 25.0 Å². The van der Waals surface area contributed by atoms with Crippen molar-refractivity contribution in [1.82, 2.24) is 0 Å². The largest absolute Gasteiger partial charge is 0.491 e. The van der Waals surface area contributed by atoms with Crippen LogP contribution in [-0.4, -0.2) is 12.4 Å². The molecule has 4 heteroatoms. The Hall–Kier alpha value is -2.12. The van der Waals surface area contributed by atoms with Crippen molar-refractivity contribution in [2.75, 3.05) is 5.32 Å². The van der Waals surface area contributed by atoms with Crippen LogP contribution >= 0.6 is 0 Å². The predicted molar refractivity (Wildman–Crippen MR) is 98.3 cm³/mol. The monoisotopic (exact) mass is 416 g/mol. The molecule has 0 bridgehead atoms. The zero-order valence-corrected chi connectivity index (χ0v) is 16.3. The summed E-state index contributed by atoms with van der Waals surface area (Å²) in [6.07, 6.45) is 2.09. The molecule has 0 saturated carbocycles. The van der Waals surface area contributed by atoms with E-state index >= 15 is 0 Å². The van der Waals surface area contributed by atoms with Crippen LogP contribution in [0.4, 0.5) is 5.69 Å². The van der Waals surface area contributed by atoms with E-state index < -0.39 is 0 Å². The number of fused-ring (bicyclic) bond motifs is 1. The molecule has 128 valence electrons. The van der Waals surface area contributed by atoms with Crippen molar-refractivity contribution in [3.8, 4) is 5.75 Å². The van der Waals surface area contributed by atoms with Crippen molar-refractivity contribution >= 4 is 22.7 Å². The minimum atomic E-state index is 0. The summed E-state index contributed by atoms with van der Waals surface area (Å²) in [6, 6.07) is 19.8. The predicted octanol–water partition coefficient (Wildman–Crippen LogP) is 4.69. The van der Waals surface area contributed by atoms with Crippen molar-refractivity contribution in [3.63, 3.8) is 0 Å². The van der Waals surface area contributed by atoms with Gasteiger partial charge in [-0.05, 0) is 49.1 Å². The zero-order valence-electron chi connectivity index (χ0n) is 14.3. The van der Waals surface area contributed by atoms with Gasteiger partial charge in [-0.1, -0.05) is 23.6 Å². The third-order valence-corrected chi connectivity index (χ3v) is 3.72. The Bertz CT molecular complexity index is 861. The molecule has 0 fully saturated rings. The fourth-order valence-electron chi connectivity index (χ4n) is 2.62. The maximum absolute atomic E-state index is 10.7. The van der Waals surface area contributed by atoms with Gasteiger partial charge >= 0.3 is 0 Å². The van der Waals surface area contributed by atoms with Crippen LogP contribution in [0.2, 0.25) is 0 Å². The van der Waals surface area contributed by atoms with Gasteiger partial charge < -0.3 is 14.8 Å². The number of hydrogen-bond donors (Lipinski definition) is 1. The normalized spacial score (nSPS) is 10.4. The molecule has 0 aliphatic rings. The van der Waals surface area contributed by atoms with Gasteiger partial charge in [-0.25, -0.2) is 0 Å². The number of carbonyl (C=O) groups excluding carboxylic acids is 1. The second-order valence-electron chi connectivity index (χ2n) is 6.05. The molecule has 0 atom stereocenters. The number of rotatable bonds is 6. The Morgan fingerprint density at radius 1 is 1.00 bits per heavy atom. The molecule has 0 spiro atoms. The van der Waals surface area contributed by atoms with Crippen molar-refractivity contribution in [2.24, 2.45) is 0 Å². The molecule has 0 heterocycles. The molecule has 3 rings (SSSR count). The molecular weight excluding hydrogens is 394 g/mol. The van der Waals surface area contributed by atoms with Crippen LogP contribution in [0.3, 0.4) is 0 Å². The molecule has 0 aliphatic heterocycles. The van der Waals surface area contributed by atoms with Crippen molar-refractivity contribution in [2.45, 2.75) is 26.5 Å². The molecule has 0 radical (unpaired) electrons. The van der Waals surface area contributed by atoms with Crippen molar-refractivity contribution < 1.29 is 30.6 Å². The van der Waals surface area contributed by atoms with Crippen LogP contribution in [0.15, 0.2) is 60.7 Å². The van der Waals surface area contributed by atoms with Crippen LogP contribution in [-0.2, 0) is 32.4 Å². The molecule has 0 aromatic heterocycles. The molecule has 0 aliphatic carbocycles. The smallest absolute Gasteiger partial charge is 0.120 e. The molecule has 3 aromatic carbocycles. The average molecular weight is 414 g/mol. The Morgan fingerprint density at radius 2 is 1.76 bits per heavy atom. The number of benzene rings is 3. The topological polar surface area (TPSA) is 38.3 Å². The van der Waals surface area contributed by atoms with Gasteiger partial charge in [0.2, 0.25) is 0 Å². The first-order valence-electron chi connectivity index (χ1n) is 8.05. The Balaban J connectivity index is 0.00000225. The maximum Gasteiger partial charge on any atom is 0.120 e. The summed E-state index contributed by atoms with van der Waals surface area (Å²) in [7, 11) is 0. The molecule has 25 heavy (non-hydrogen) atoms.